The molecule has 2 aliphatic rings. The summed E-state index contributed by atoms with van der Waals surface area (Å²) in [6.45, 7) is 4.99. The van der Waals surface area contributed by atoms with Gasteiger partial charge in [-0.2, -0.15) is 4.31 Å². The Bertz CT molecular complexity index is 957. The Morgan fingerprint density at radius 1 is 0.903 bits per heavy atom. The second kappa shape index (κ2) is 9.82. The minimum atomic E-state index is -3.58. The van der Waals surface area contributed by atoms with E-state index in [2.05, 4.69) is 36.1 Å². The van der Waals surface area contributed by atoms with Crippen molar-refractivity contribution in [3.63, 3.8) is 0 Å². The summed E-state index contributed by atoms with van der Waals surface area (Å²) in [5.41, 5.74) is 3.44. The van der Waals surface area contributed by atoms with Gasteiger partial charge in [0.05, 0.1) is 11.5 Å². The molecule has 6 heteroatoms. The fraction of sp³-hybridized carbons (Fsp3) is 0.520. The van der Waals surface area contributed by atoms with Crippen molar-refractivity contribution < 1.29 is 13.5 Å². The fourth-order valence-electron chi connectivity index (χ4n) is 4.89. The number of aliphatic hydroxyl groups excluding tert-OH is 1. The third kappa shape index (κ3) is 5.03. The highest BCUT2D eigenvalue weighted by Crippen LogP contribution is 2.27. The van der Waals surface area contributed by atoms with Crippen molar-refractivity contribution in [3.05, 3.63) is 54.1 Å². The van der Waals surface area contributed by atoms with Crippen LogP contribution in [0, 0.1) is 0 Å². The Balaban J connectivity index is 1.43. The maximum Gasteiger partial charge on any atom is 0.243 e. The SMILES string of the molecule is CC1CCCN1CCc1ccc(-c2ccc(S(=O)(=O)N3CCCCC3CO)cc2)cc1. The molecule has 2 aromatic rings. The molecule has 4 rings (SSSR count). The summed E-state index contributed by atoms with van der Waals surface area (Å²) >= 11 is 0. The van der Waals surface area contributed by atoms with Crippen molar-refractivity contribution in [3.8, 4) is 11.1 Å². The summed E-state index contributed by atoms with van der Waals surface area (Å²) in [4.78, 5) is 2.87. The molecule has 2 fully saturated rings. The van der Waals surface area contributed by atoms with E-state index in [4.69, 9.17) is 0 Å². The Labute approximate surface area is 186 Å². The molecule has 5 nitrogen and oxygen atoms in total. The first-order chi connectivity index (χ1) is 15.0. The molecule has 0 bridgehead atoms. The number of aliphatic hydroxyl groups is 1. The molecule has 0 spiro atoms. The number of piperidine rings is 1. The zero-order valence-electron chi connectivity index (χ0n) is 18.4. The maximum atomic E-state index is 13.1. The van der Waals surface area contributed by atoms with Gasteiger partial charge in [0.2, 0.25) is 10.0 Å². The van der Waals surface area contributed by atoms with Crippen molar-refractivity contribution in [2.75, 3.05) is 26.2 Å². The van der Waals surface area contributed by atoms with Gasteiger partial charge in [-0.05, 0) is 74.4 Å². The van der Waals surface area contributed by atoms with Crippen LogP contribution in [0.4, 0.5) is 0 Å². The van der Waals surface area contributed by atoms with Gasteiger partial charge in [-0.1, -0.05) is 42.8 Å². The van der Waals surface area contributed by atoms with E-state index < -0.39 is 10.0 Å². The first-order valence-corrected chi connectivity index (χ1v) is 13.0. The van der Waals surface area contributed by atoms with E-state index in [-0.39, 0.29) is 12.6 Å². The average Bonchev–Trinajstić information content (AvgIpc) is 3.22. The van der Waals surface area contributed by atoms with Gasteiger partial charge in [-0.25, -0.2) is 8.42 Å². The topological polar surface area (TPSA) is 60.9 Å². The highest BCUT2D eigenvalue weighted by molar-refractivity contribution is 7.89. The van der Waals surface area contributed by atoms with E-state index >= 15 is 0 Å². The van der Waals surface area contributed by atoms with Crippen LogP contribution in [0.2, 0.25) is 0 Å². The molecule has 2 aromatic carbocycles. The number of sulfonamides is 1. The van der Waals surface area contributed by atoms with Crippen molar-refractivity contribution in [2.45, 2.75) is 62.4 Å². The molecule has 2 aliphatic heterocycles. The molecule has 2 unspecified atom stereocenters. The summed E-state index contributed by atoms with van der Waals surface area (Å²) in [5, 5.41) is 9.59. The molecule has 0 amide bonds. The minimum absolute atomic E-state index is 0.125. The molecule has 2 saturated heterocycles. The lowest BCUT2D eigenvalue weighted by atomic mass is 10.0. The molecule has 0 saturated carbocycles. The number of hydrogen-bond acceptors (Lipinski definition) is 4. The van der Waals surface area contributed by atoms with E-state index in [0.717, 1.165) is 43.4 Å². The zero-order chi connectivity index (χ0) is 21.8. The second-order valence-corrected chi connectivity index (χ2v) is 10.8. The average molecular weight is 443 g/mol. The van der Waals surface area contributed by atoms with Crippen molar-refractivity contribution in [1.29, 1.82) is 0 Å². The summed E-state index contributed by atoms with van der Waals surface area (Å²) in [6, 6.07) is 16.1. The van der Waals surface area contributed by atoms with Crippen LogP contribution in [0.1, 0.15) is 44.6 Å². The molecule has 0 aliphatic carbocycles. The van der Waals surface area contributed by atoms with Crippen molar-refractivity contribution in [2.24, 2.45) is 0 Å². The number of likely N-dealkylation sites (tertiary alicyclic amines) is 1. The predicted molar refractivity (Wildman–Crippen MR) is 124 cm³/mol. The summed E-state index contributed by atoms with van der Waals surface area (Å²) in [7, 11) is -3.58. The monoisotopic (exact) mass is 442 g/mol. The number of benzene rings is 2. The Morgan fingerprint density at radius 3 is 2.19 bits per heavy atom. The fourth-order valence-corrected chi connectivity index (χ4v) is 6.57. The van der Waals surface area contributed by atoms with Gasteiger partial charge in [0.15, 0.2) is 0 Å². The van der Waals surface area contributed by atoms with Gasteiger partial charge in [0.1, 0.15) is 0 Å². The van der Waals surface area contributed by atoms with Gasteiger partial charge < -0.3 is 10.0 Å². The number of rotatable bonds is 7. The van der Waals surface area contributed by atoms with Gasteiger partial charge >= 0.3 is 0 Å². The zero-order valence-corrected chi connectivity index (χ0v) is 19.2. The van der Waals surface area contributed by atoms with Crippen LogP contribution in [-0.2, 0) is 16.4 Å². The molecule has 168 valence electrons. The van der Waals surface area contributed by atoms with E-state index in [0.29, 0.717) is 17.5 Å². The number of nitrogens with zero attached hydrogens (tertiary/aromatic N) is 2. The van der Waals surface area contributed by atoms with Crippen LogP contribution in [0.15, 0.2) is 53.4 Å². The Hall–Kier alpha value is -1.73. The molecular weight excluding hydrogens is 408 g/mol. The molecule has 2 heterocycles. The molecule has 31 heavy (non-hydrogen) atoms. The van der Waals surface area contributed by atoms with E-state index in [1.165, 1.54) is 29.3 Å². The highest BCUT2D eigenvalue weighted by Gasteiger charge is 2.33. The summed E-state index contributed by atoms with van der Waals surface area (Å²) < 4.78 is 27.6. The Kier molecular flexibility index (Phi) is 7.12. The van der Waals surface area contributed by atoms with Crippen molar-refractivity contribution >= 4 is 10.0 Å². The van der Waals surface area contributed by atoms with Crippen LogP contribution in [-0.4, -0.2) is 61.1 Å². The normalized spacial score (nSPS) is 23.3. The van der Waals surface area contributed by atoms with Gasteiger partial charge in [0, 0.05) is 25.2 Å². The smallest absolute Gasteiger partial charge is 0.243 e. The molecule has 0 aromatic heterocycles. The van der Waals surface area contributed by atoms with Crippen LogP contribution < -0.4 is 0 Å². The lowest BCUT2D eigenvalue weighted by Crippen LogP contribution is -2.45. The molecular formula is C25H34N2O3S. The van der Waals surface area contributed by atoms with Crippen LogP contribution in [0.5, 0.6) is 0 Å². The third-order valence-electron chi connectivity index (χ3n) is 6.91. The summed E-state index contributed by atoms with van der Waals surface area (Å²) in [6.07, 6.45) is 6.20. The van der Waals surface area contributed by atoms with Gasteiger partial charge in [-0.15, -0.1) is 0 Å². The highest BCUT2D eigenvalue weighted by atomic mass is 32.2. The third-order valence-corrected chi connectivity index (χ3v) is 8.88. The van der Waals surface area contributed by atoms with Crippen LogP contribution >= 0.6 is 0 Å². The maximum absolute atomic E-state index is 13.1. The van der Waals surface area contributed by atoms with Gasteiger partial charge in [0.25, 0.3) is 0 Å². The Morgan fingerprint density at radius 2 is 1.58 bits per heavy atom. The number of hydrogen-bond donors (Lipinski definition) is 1. The predicted octanol–water partition coefficient (Wildman–Crippen LogP) is 3.92. The summed E-state index contributed by atoms with van der Waals surface area (Å²) in [5.74, 6) is 0. The van der Waals surface area contributed by atoms with E-state index in [1.807, 2.05) is 12.1 Å². The largest absolute Gasteiger partial charge is 0.395 e. The first-order valence-electron chi connectivity index (χ1n) is 11.5. The second-order valence-electron chi connectivity index (χ2n) is 8.95. The standard InChI is InChI=1S/C25H34N2O3S/c1-20-5-4-16-26(20)18-15-21-7-9-22(10-8-21)23-11-13-25(14-12-23)31(29,30)27-17-3-2-6-24(27)19-28/h7-14,20,24,28H,2-6,15-19H2,1H3. The van der Waals surface area contributed by atoms with E-state index in [1.54, 1.807) is 12.1 Å². The lowest BCUT2D eigenvalue weighted by molar-refractivity contribution is 0.155. The molecule has 1 N–H and O–H groups in total. The van der Waals surface area contributed by atoms with Crippen LogP contribution in [0.25, 0.3) is 11.1 Å². The lowest BCUT2D eigenvalue weighted by Gasteiger charge is -2.33. The van der Waals surface area contributed by atoms with Crippen LogP contribution in [0.3, 0.4) is 0 Å². The van der Waals surface area contributed by atoms with Crippen molar-refractivity contribution in [1.82, 2.24) is 9.21 Å². The van der Waals surface area contributed by atoms with Gasteiger partial charge in [-0.3, -0.25) is 0 Å². The molecule has 0 radical (unpaired) electrons. The quantitative estimate of drug-likeness (QED) is 0.706. The minimum Gasteiger partial charge on any atom is -0.395 e. The molecule has 2 atom stereocenters. The van der Waals surface area contributed by atoms with E-state index in [9.17, 15) is 13.5 Å². The first kappa shape index (κ1) is 22.5.